The minimum absolute atomic E-state index is 0.0370. The number of anilines is 1. The first-order valence-electron chi connectivity index (χ1n) is 9.08. The molecule has 0 atom stereocenters. The summed E-state index contributed by atoms with van der Waals surface area (Å²) >= 11 is 1.42. The van der Waals surface area contributed by atoms with Crippen LogP contribution in [0.15, 0.2) is 52.5 Å². The van der Waals surface area contributed by atoms with Gasteiger partial charge in [0.1, 0.15) is 0 Å². The summed E-state index contributed by atoms with van der Waals surface area (Å²) in [6, 6.07) is 8.90. The molecule has 1 aromatic carbocycles. The third-order valence-corrected chi connectivity index (χ3v) is 5.69. The minimum atomic E-state index is -4.37. The van der Waals surface area contributed by atoms with Gasteiger partial charge in [-0.2, -0.15) is 13.2 Å². The molecule has 0 radical (unpaired) electrons. The Bertz CT molecular complexity index is 977. The van der Waals surface area contributed by atoms with Crippen LogP contribution in [0.5, 0.6) is 0 Å². The van der Waals surface area contributed by atoms with Crippen molar-refractivity contribution in [2.24, 2.45) is 0 Å². The zero-order valence-electron chi connectivity index (χ0n) is 15.4. The van der Waals surface area contributed by atoms with Crippen molar-refractivity contribution in [2.45, 2.75) is 12.6 Å². The van der Waals surface area contributed by atoms with E-state index in [1.165, 1.54) is 17.4 Å². The lowest BCUT2D eigenvalue weighted by atomic mass is 10.1. The molecule has 0 bridgehead atoms. The van der Waals surface area contributed by atoms with Gasteiger partial charge < -0.3 is 14.2 Å². The van der Waals surface area contributed by atoms with Crippen LogP contribution >= 0.6 is 11.3 Å². The summed E-state index contributed by atoms with van der Waals surface area (Å²) in [4.78, 5) is 20.6. The fourth-order valence-electron chi connectivity index (χ4n) is 3.26. The molecule has 9 heteroatoms. The molecule has 1 amide bonds. The molecule has 1 aliphatic heterocycles. The summed E-state index contributed by atoms with van der Waals surface area (Å²) < 4.78 is 44.1. The van der Waals surface area contributed by atoms with Gasteiger partial charge in [0.25, 0.3) is 0 Å². The topological polar surface area (TPSA) is 49.6 Å². The van der Waals surface area contributed by atoms with Gasteiger partial charge in [-0.1, -0.05) is 6.07 Å². The quantitative estimate of drug-likeness (QED) is 0.630. The smallest absolute Gasteiger partial charge is 0.416 e. The fraction of sp³-hybridized carbons (Fsp3) is 0.300. The molecule has 1 aliphatic rings. The number of halogens is 3. The Hall–Kier alpha value is -2.81. The highest BCUT2D eigenvalue weighted by atomic mass is 32.1. The van der Waals surface area contributed by atoms with Crippen molar-refractivity contribution in [3.05, 3.63) is 59.3 Å². The maximum atomic E-state index is 12.9. The number of alkyl halides is 3. The van der Waals surface area contributed by atoms with E-state index in [1.54, 1.807) is 23.3 Å². The molecule has 29 heavy (non-hydrogen) atoms. The van der Waals surface area contributed by atoms with Gasteiger partial charge in [0.05, 0.1) is 23.9 Å². The minimum Gasteiger partial charge on any atom is -0.462 e. The van der Waals surface area contributed by atoms with Crippen LogP contribution < -0.4 is 4.90 Å². The molecule has 152 valence electrons. The second-order valence-electron chi connectivity index (χ2n) is 6.71. The van der Waals surface area contributed by atoms with Crippen molar-refractivity contribution < 1.29 is 22.4 Å². The van der Waals surface area contributed by atoms with Gasteiger partial charge in [-0.15, -0.1) is 11.3 Å². The molecular formula is C20H18F3N3O2S. The molecule has 3 heterocycles. The average Bonchev–Trinajstić information content (AvgIpc) is 3.39. The van der Waals surface area contributed by atoms with Gasteiger partial charge in [0.15, 0.2) is 10.8 Å². The summed E-state index contributed by atoms with van der Waals surface area (Å²) in [6.07, 6.45) is -2.60. The first-order valence-corrected chi connectivity index (χ1v) is 9.96. The molecule has 0 N–H and O–H groups in total. The van der Waals surface area contributed by atoms with Crippen molar-refractivity contribution in [3.63, 3.8) is 0 Å². The third-order valence-electron chi connectivity index (χ3n) is 4.79. The second kappa shape index (κ2) is 7.90. The lowest BCUT2D eigenvalue weighted by Crippen LogP contribution is -2.49. The van der Waals surface area contributed by atoms with Crippen molar-refractivity contribution in [1.82, 2.24) is 9.88 Å². The number of carbonyl (C=O) groups excluding carboxylic acids is 1. The third kappa shape index (κ3) is 4.45. The van der Waals surface area contributed by atoms with Gasteiger partial charge in [-0.05, 0) is 30.3 Å². The van der Waals surface area contributed by atoms with E-state index in [0.717, 1.165) is 17.1 Å². The van der Waals surface area contributed by atoms with Crippen molar-refractivity contribution >= 4 is 22.9 Å². The number of piperazine rings is 1. The largest absolute Gasteiger partial charge is 0.462 e. The molecular weight excluding hydrogens is 403 g/mol. The highest BCUT2D eigenvalue weighted by Gasteiger charge is 2.31. The van der Waals surface area contributed by atoms with Crippen LogP contribution in [0.25, 0.3) is 10.8 Å². The van der Waals surface area contributed by atoms with Crippen LogP contribution in [-0.2, 0) is 17.4 Å². The zero-order valence-corrected chi connectivity index (χ0v) is 16.2. The zero-order chi connectivity index (χ0) is 20.4. The Morgan fingerprint density at radius 2 is 1.93 bits per heavy atom. The number of benzene rings is 1. The van der Waals surface area contributed by atoms with E-state index in [4.69, 9.17) is 4.42 Å². The summed E-state index contributed by atoms with van der Waals surface area (Å²) in [5.41, 5.74) is 0.547. The number of aromatic nitrogens is 1. The van der Waals surface area contributed by atoms with Crippen molar-refractivity contribution in [2.75, 3.05) is 31.1 Å². The Labute approximate surface area is 169 Å². The number of carbonyl (C=O) groups is 1. The van der Waals surface area contributed by atoms with E-state index in [2.05, 4.69) is 4.98 Å². The molecule has 4 rings (SSSR count). The molecule has 1 saturated heterocycles. The van der Waals surface area contributed by atoms with E-state index in [-0.39, 0.29) is 12.3 Å². The van der Waals surface area contributed by atoms with Crippen LogP contribution in [0.2, 0.25) is 0 Å². The van der Waals surface area contributed by atoms with Gasteiger partial charge in [-0.3, -0.25) is 4.79 Å². The molecule has 0 aliphatic carbocycles. The van der Waals surface area contributed by atoms with Gasteiger partial charge in [0.2, 0.25) is 5.91 Å². The first kappa shape index (κ1) is 19.5. The molecule has 0 spiro atoms. The average molecular weight is 421 g/mol. The number of nitrogens with zero attached hydrogens (tertiary/aromatic N) is 3. The number of rotatable bonds is 4. The summed E-state index contributed by atoms with van der Waals surface area (Å²) in [5, 5.41) is 2.57. The molecule has 3 aromatic rings. The summed E-state index contributed by atoms with van der Waals surface area (Å²) in [7, 11) is 0. The predicted molar refractivity (Wildman–Crippen MR) is 104 cm³/mol. The number of thiazole rings is 1. The van der Waals surface area contributed by atoms with Crippen LogP contribution in [-0.4, -0.2) is 42.0 Å². The standard InChI is InChI=1S/C20H18F3N3O2S/c21-20(22,23)14-3-1-4-16(11-14)25-6-8-26(9-7-25)18(27)12-15-13-29-19(24-15)17-5-2-10-28-17/h1-5,10-11,13H,6-9,12H2. The van der Waals surface area contributed by atoms with E-state index in [9.17, 15) is 18.0 Å². The van der Waals surface area contributed by atoms with Gasteiger partial charge >= 0.3 is 6.18 Å². The summed E-state index contributed by atoms with van der Waals surface area (Å²) in [5.74, 6) is 0.633. The number of hydrogen-bond acceptors (Lipinski definition) is 5. The molecule has 2 aromatic heterocycles. The number of amides is 1. The monoisotopic (exact) mass is 421 g/mol. The van der Waals surface area contributed by atoms with E-state index in [1.807, 2.05) is 16.3 Å². The molecule has 1 fully saturated rings. The normalized spacial score (nSPS) is 15.0. The Morgan fingerprint density at radius 1 is 1.14 bits per heavy atom. The highest BCUT2D eigenvalue weighted by Crippen LogP contribution is 2.32. The highest BCUT2D eigenvalue weighted by molar-refractivity contribution is 7.13. The van der Waals surface area contributed by atoms with Gasteiger partial charge in [0, 0.05) is 37.2 Å². The maximum absolute atomic E-state index is 12.9. The van der Waals surface area contributed by atoms with Crippen LogP contribution in [0.4, 0.5) is 18.9 Å². The first-order chi connectivity index (χ1) is 13.9. The van der Waals surface area contributed by atoms with E-state index < -0.39 is 11.7 Å². The Kier molecular flexibility index (Phi) is 5.31. The lowest BCUT2D eigenvalue weighted by Gasteiger charge is -2.36. The van der Waals surface area contributed by atoms with Gasteiger partial charge in [-0.25, -0.2) is 4.98 Å². The van der Waals surface area contributed by atoms with Crippen LogP contribution in [0, 0.1) is 0 Å². The predicted octanol–water partition coefficient (Wildman–Crippen LogP) is 4.31. The van der Waals surface area contributed by atoms with E-state index in [0.29, 0.717) is 43.3 Å². The maximum Gasteiger partial charge on any atom is 0.416 e. The Balaban J connectivity index is 1.34. The molecule has 0 unspecified atom stereocenters. The summed E-state index contributed by atoms with van der Waals surface area (Å²) in [6.45, 7) is 1.90. The lowest BCUT2D eigenvalue weighted by molar-refractivity contribution is -0.137. The SMILES string of the molecule is O=C(Cc1csc(-c2ccco2)n1)N1CCN(c2cccc(C(F)(F)F)c2)CC1. The number of furan rings is 1. The van der Waals surface area contributed by atoms with Crippen molar-refractivity contribution in [3.8, 4) is 10.8 Å². The van der Waals surface area contributed by atoms with Crippen molar-refractivity contribution in [1.29, 1.82) is 0 Å². The van der Waals surface area contributed by atoms with E-state index >= 15 is 0 Å². The van der Waals surface area contributed by atoms with Crippen LogP contribution in [0.1, 0.15) is 11.3 Å². The fourth-order valence-corrected chi connectivity index (χ4v) is 4.05. The molecule has 0 saturated carbocycles. The number of hydrogen-bond donors (Lipinski definition) is 0. The molecule has 5 nitrogen and oxygen atoms in total. The Morgan fingerprint density at radius 3 is 2.62 bits per heavy atom. The van der Waals surface area contributed by atoms with Crippen LogP contribution in [0.3, 0.4) is 0 Å². The second-order valence-corrected chi connectivity index (χ2v) is 7.57.